The molecule has 3 N–H and O–H groups in total. The Labute approximate surface area is 70.6 Å². The predicted molar refractivity (Wildman–Crippen MR) is 46.9 cm³/mol. The van der Waals surface area contributed by atoms with E-state index in [1.54, 1.807) is 0 Å². The van der Waals surface area contributed by atoms with Crippen molar-refractivity contribution < 1.29 is 4.79 Å². The summed E-state index contributed by atoms with van der Waals surface area (Å²) in [6.07, 6.45) is 0. The molecular formula is C9H10N2O. The summed E-state index contributed by atoms with van der Waals surface area (Å²) in [7, 11) is 0. The monoisotopic (exact) mass is 162 g/mol. The molecule has 2 rings (SSSR count). The molecular weight excluding hydrogens is 152 g/mol. The van der Waals surface area contributed by atoms with Crippen molar-refractivity contribution in [1.82, 2.24) is 0 Å². The van der Waals surface area contributed by atoms with Crippen molar-refractivity contribution in [2.45, 2.75) is 5.92 Å². The van der Waals surface area contributed by atoms with Gasteiger partial charge in [0.25, 0.3) is 0 Å². The van der Waals surface area contributed by atoms with Gasteiger partial charge in [-0.25, -0.2) is 0 Å². The predicted octanol–water partition coefficient (Wildman–Crippen LogP) is 0.681. The average Bonchev–Trinajstić information content (AvgIpc) is 2.47. The third kappa shape index (κ3) is 0.942. The fourth-order valence-corrected chi connectivity index (χ4v) is 1.54. The van der Waals surface area contributed by atoms with Crippen LogP contribution >= 0.6 is 0 Å². The lowest BCUT2D eigenvalue weighted by molar-refractivity contribution is -0.119. The highest BCUT2D eigenvalue weighted by Gasteiger charge is 2.25. The van der Waals surface area contributed by atoms with Gasteiger partial charge in [-0.2, -0.15) is 0 Å². The molecule has 0 aliphatic carbocycles. The number of rotatable bonds is 1. The number of hydrogen-bond acceptors (Lipinski definition) is 2. The van der Waals surface area contributed by atoms with Gasteiger partial charge in [0.15, 0.2) is 0 Å². The second kappa shape index (κ2) is 2.52. The van der Waals surface area contributed by atoms with Gasteiger partial charge in [-0.05, 0) is 11.6 Å². The molecule has 3 heteroatoms. The Kier molecular flexibility index (Phi) is 1.50. The van der Waals surface area contributed by atoms with E-state index in [-0.39, 0.29) is 11.8 Å². The van der Waals surface area contributed by atoms with E-state index >= 15 is 0 Å². The Hall–Kier alpha value is -1.51. The van der Waals surface area contributed by atoms with Crippen LogP contribution in [0.5, 0.6) is 0 Å². The fourth-order valence-electron chi connectivity index (χ4n) is 1.54. The van der Waals surface area contributed by atoms with Gasteiger partial charge in [-0.1, -0.05) is 18.2 Å². The zero-order valence-corrected chi connectivity index (χ0v) is 6.58. The largest absolute Gasteiger partial charge is 0.384 e. The van der Waals surface area contributed by atoms with E-state index in [9.17, 15) is 4.79 Å². The first-order valence-electron chi connectivity index (χ1n) is 3.91. The summed E-state index contributed by atoms with van der Waals surface area (Å²) in [6, 6.07) is 7.75. The SMILES string of the molecule is NC(=O)[C@H]1CNc2ccccc21. The zero-order chi connectivity index (χ0) is 8.55. The molecule has 1 amide bonds. The molecule has 1 aromatic rings. The molecule has 0 unspecified atom stereocenters. The minimum atomic E-state index is -0.257. The molecule has 1 aliphatic heterocycles. The first-order valence-corrected chi connectivity index (χ1v) is 3.91. The number of primary amides is 1. The summed E-state index contributed by atoms with van der Waals surface area (Å²) in [6.45, 7) is 0.634. The minimum Gasteiger partial charge on any atom is -0.384 e. The van der Waals surface area contributed by atoms with Gasteiger partial charge in [0, 0.05) is 12.2 Å². The molecule has 1 atom stereocenters. The first kappa shape index (κ1) is 7.16. The van der Waals surface area contributed by atoms with E-state index in [1.807, 2.05) is 24.3 Å². The standard InChI is InChI=1S/C9H10N2O/c10-9(12)7-5-11-8-4-2-1-3-6(7)8/h1-4,7,11H,5H2,(H2,10,12)/t7-/m0/s1. The van der Waals surface area contributed by atoms with Crippen molar-refractivity contribution in [3.8, 4) is 0 Å². The smallest absolute Gasteiger partial charge is 0.226 e. The summed E-state index contributed by atoms with van der Waals surface area (Å²) in [5.74, 6) is -0.409. The van der Waals surface area contributed by atoms with E-state index in [1.165, 1.54) is 0 Å². The number of nitrogens with two attached hydrogens (primary N) is 1. The number of hydrogen-bond donors (Lipinski definition) is 2. The van der Waals surface area contributed by atoms with Gasteiger partial charge in [-0.15, -0.1) is 0 Å². The maximum Gasteiger partial charge on any atom is 0.226 e. The van der Waals surface area contributed by atoms with Crippen LogP contribution in [-0.2, 0) is 4.79 Å². The Morgan fingerprint density at radius 2 is 2.25 bits per heavy atom. The van der Waals surface area contributed by atoms with Gasteiger partial charge >= 0.3 is 0 Å². The van der Waals surface area contributed by atoms with E-state index in [0.717, 1.165) is 11.3 Å². The molecule has 12 heavy (non-hydrogen) atoms. The van der Waals surface area contributed by atoms with Gasteiger partial charge in [0.05, 0.1) is 5.92 Å². The summed E-state index contributed by atoms with van der Waals surface area (Å²) >= 11 is 0. The second-order valence-electron chi connectivity index (χ2n) is 2.92. The zero-order valence-electron chi connectivity index (χ0n) is 6.58. The van der Waals surface area contributed by atoms with E-state index < -0.39 is 0 Å². The highest BCUT2D eigenvalue weighted by Crippen LogP contribution is 2.30. The summed E-state index contributed by atoms with van der Waals surface area (Å²) < 4.78 is 0. The number of anilines is 1. The van der Waals surface area contributed by atoms with Gasteiger partial charge in [0.1, 0.15) is 0 Å². The summed E-state index contributed by atoms with van der Waals surface area (Å²) in [5, 5.41) is 3.13. The average molecular weight is 162 g/mol. The number of para-hydroxylation sites is 1. The molecule has 0 saturated carbocycles. The summed E-state index contributed by atoms with van der Waals surface area (Å²) in [4.78, 5) is 10.9. The molecule has 1 aromatic carbocycles. The summed E-state index contributed by atoms with van der Waals surface area (Å²) in [5.41, 5.74) is 7.28. The van der Waals surface area contributed by atoms with Crippen molar-refractivity contribution in [2.24, 2.45) is 5.73 Å². The number of amides is 1. The maximum atomic E-state index is 10.9. The molecule has 0 spiro atoms. The lowest BCUT2D eigenvalue weighted by Gasteiger charge is -2.02. The lowest BCUT2D eigenvalue weighted by atomic mass is 10.0. The van der Waals surface area contributed by atoms with Gasteiger partial charge in [-0.3, -0.25) is 4.79 Å². The van der Waals surface area contributed by atoms with Crippen LogP contribution in [0.2, 0.25) is 0 Å². The molecule has 1 aliphatic rings. The topological polar surface area (TPSA) is 55.1 Å². The maximum absolute atomic E-state index is 10.9. The van der Waals surface area contributed by atoms with Crippen LogP contribution < -0.4 is 11.1 Å². The lowest BCUT2D eigenvalue weighted by Crippen LogP contribution is -2.22. The molecule has 62 valence electrons. The van der Waals surface area contributed by atoms with Crippen LogP contribution in [0.25, 0.3) is 0 Å². The molecule has 1 heterocycles. The van der Waals surface area contributed by atoms with Crippen LogP contribution in [0.15, 0.2) is 24.3 Å². The Balaban J connectivity index is 2.42. The first-order chi connectivity index (χ1) is 5.79. The van der Waals surface area contributed by atoms with Crippen LogP contribution in [0.1, 0.15) is 11.5 Å². The second-order valence-corrected chi connectivity index (χ2v) is 2.92. The highest BCUT2D eigenvalue weighted by atomic mass is 16.1. The van der Waals surface area contributed by atoms with Crippen molar-refractivity contribution in [1.29, 1.82) is 0 Å². The third-order valence-electron chi connectivity index (χ3n) is 2.18. The Morgan fingerprint density at radius 1 is 1.50 bits per heavy atom. The molecule has 0 saturated heterocycles. The van der Waals surface area contributed by atoms with Crippen molar-refractivity contribution in [2.75, 3.05) is 11.9 Å². The molecule has 0 fully saturated rings. The van der Waals surface area contributed by atoms with Gasteiger partial charge < -0.3 is 11.1 Å². The van der Waals surface area contributed by atoms with Crippen LogP contribution in [0.3, 0.4) is 0 Å². The van der Waals surface area contributed by atoms with Crippen LogP contribution in [-0.4, -0.2) is 12.5 Å². The number of carbonyl (C=O) groups excluding carboxylic acids is 1. The number of nitrogens with one attached hydrogen (secondary N) is 1. The Bertz CT molecular complexity index is 322. The van der Waals surface area contributed by atoms with Crippen LogP contribution in [0.4, 0.5) is 5.69 Å². The van der Waals surface area contributed by atoms with Crippen molar-refractivity contribution in [3.63, 3.8) is 0 Å². The Morgan fingerprint density at radius 3 is 3.00 bits per heavy atom. The van der Waals surface area contributed by atoms with E-state index in [2.05, 4.69) is 5.32 Å². The van der Waals surface area contributed by atoms with E-state index in [0.29, 0.717) is 6.54 Å². The highest BCUT2D eigenvalue weighted by molar-refractivity contribution is 5.86. The minimum absolute atomic E-state index is 0.152. The third-order valence-corrected chi connectivity index (χ3v) is 2.18. The quantitative estimate of drug-likeness (QED) is 0.638. The normalized spacial score (nSPS) is 19.8. The van der Waals surface area contributed by atoms with Gasteiger partial charge in [0.2, 0.25) is 5.91 Å². The molecule has 3 nitrogen and oxygen atoms in total. The van der Waals surface area contributed by atoms with Crippen LogP contribution in [0, 0.1) is 0 Å². The number of fused-ring (bicyclic) bond motifs is 1. The molecule has 0 aromatic heterocycles. The fraction of sp³-hybridized carbons (Fsp3) is 0.222. The van der Waals surface area contributed by atoms with E-state index in [4.69, 9.17) is 5.73 Å². The number of carbonyl (C=O) groups is 1. The van der Waals surface area contributed by atoms with Crippen molar-refractivity contribution in [3.05, 3.63) is 29.8 Å². The molecule has 0 bridgehead atoms. The van der Waals surface area contributed by atoms with Crippen molar-refractivity contribution >= 4 is 11.6 Å². The number of benzene rings is 1. The molecule has 0 radical (unpaired) electrons.